The van der Waals surface area contributed by atoms with Crippen molar-refractivity contribution in [1.29, 1.82) is 5.26 Å². The molecule has 0 saturated heterocycles. The van der Waals surface area contributed by atoms with Gasteiger partial charge in [-0.2, -0.15) is 5.26 Å². The van der Waals surface area contributed by atoms with Crippen molar-refractivity contribution in [2.45, 2.75) is 45.4 Å². The molecule has 0 aliphatic heterocycles. The zero-order chi connectivity index (χ0) is 33.9. The average molecular weight is 823 g/mol. The van der Waals surface area contributed by atoms with Crippen molar-refractivity contribution in [2.24, 2.45) is 0 Å². The molecule has 258 valence electrons. The maximum absolute atomic E-state index is 15.3. The van der Waals surface area contributed by atoms with Gasteiger partial charge >= 0.3 is 5.97 Å². The van der Waals surface area contributed by atoms with Crippen molar-refractivity contribution < 1.29 is 49.4 Å². The van der Waals surface area contributed by atoms with Crippen LogP contribution in [-0.2, 0) is 23.5 Å². The van der Waals surface area contributed by atoms with E-state index in [0.29, 0.717) is 40.7 Å². The molecular formula is C34H33Br2F3N6O3S. The monoisotopic (exact) mass is 820 g/mol. The highest BCUT2D eigenvalue weighted by Crippen LogP contribution is 2.42. The second-order valence-electron chi connectivity index (χ2n) is 11.3. The molecule has 0 bridgehead atoms. The van der Waals surface area contributed by atoms with Gasteiger partial charge in [0.15, 0.2) is 11.6 Å². The number of hydrogen-bond donors (Lipinski definition) is 2. The van der Waals surface area contributed by atoms with Crippen LogP contribution in [0.2, 0.25) is 0 Å². The smallest absolute Gasteiger partial charge is 0.325 e. The fourth-order valence-corrected chi connectivity index (χ4v) is 6.39. The van der Waals surface area contributed by atoms with Crippen LogP contribution in [0.1, 0.15) is 45.7 Å². The molecule has 0 saturated carbocycles. The number of ether oxygens (including phenoxy) is 1. The van der Waals surface area contributed by atoms with Crippen LogP contribution in [0.4, 0.5) is 13.2 Å². The summed E-state index contributed by atoms with van der Waals surface area (Å²) in [5, 5.41) is 30.6. The predicted molar refractivity (Wildman–Crippen MR) is 178 cm³/mol. The first-order valence-corrected chi connectivity index (χ1v) is 15.5. The molecule has 49 heavy (non-hydrogen) atoms. The van der Waals surface area contributed by atoms with E-state index in [2.05, 4.69) is 21.5 Å². The summed E-state index contributed by atoms with van der Waals surface area (Å²) < 4.78 is 52.4. The molecule has 2 heterocycles. The third-order valence-electron chi connectivity index (χ3n) is 7.85. The third-order valence-corrected chi connectivity index (χ3v) is 8.88. The lowest BCUT2D eigenvalue weighted by molar-refractivity contribution is -0.689. The molecule has 2 aromatic heterocycles. The molecular weight excluding hydrogens is 789 g/mol. The topological polar surface area (TPSA) is 117 Å². The van der Waals surface area contributed by atoms with Crippen molar-refractivity contribution in [3.63, 3.8) is 0 Å². The fourth-order valence-electron chi connectivity index (χ4n) is 5.42. The maximum Gasteiger partial charge on any atom is 0.325 e. The number of likely N-dealkylation sites (N-methyl/N-ethyl adjacent to an activating group) is 1. The van der Waals surface area contributed by atoms with Gasteiger partial charge in [0.25, 0.3) is 6.33 Å². The van der Waals surface area contributed by atoms with Crippen LogP contribution >= 0.6 is 28.3 Å². The maximum atomic E-state index is 15.3. The first kappa shape index (κ1) is 39.5. The predicted octanol–water partition coefficient (Wildman–Crippen LogP) is 2.65. The number of nitrogens with one attached hydrogen (secondary N) is 1. The highest BCUT2D eigenvalue weighted by molar-refractivity contribution is 8.93. The quantitative estimate of drug-likeness (QED) is 0.0912. The minimum atomic E-state index is -2.10. The van der Waals surface area contributed by atoms with Crippen LogP contribution < -0.4 is 31.6 Å². The van der Waals surface area contributed by atoms with E-state index in [1.54, 1.807) is 54.5 Å². The van der Waals surface area contributed by atoms with Gasteiger partial charge in [-0.1, -0.05) is 19.1 Å². The van der Waals surface area contributed by atoms with E-state index in [4.69, 9.17) is 10.00 Å². The number of thiazole rings is 1. The molecule has 15 heteroatoms. The van der Waals surface area contributed by atoms with Gasteiger partial charge in [0.05, 0.1) is 35.4 Å². The lowest BCUT2D eigenvalue weighted by Gasteiger charge is -2.32. The summed E-state index contributed by atoms with van der Waals surface area (Å²) in [6.45, 7) is 5.46. The summed E-state index contributed by atoms with van der Waals surface area (Å²) in [6.07, 6.45) is 3.15. The number of nitriles is 1. The lowest BCUT2D eigenvalue weighted by atomic mass is 9.82. The SMILES string of the molecule is Br.CNCC(=O)Oc1c(C)cc(C[n+]2cnn(C[C@](O)(c3cc(F)c(F)cc3F)[C@@H](C)c3nc(-c4ccc(C#N)cc4)cs3)c2)cc1C.[Br-]. The van der Waals surface area contributed by atoms with Gasteiger partial charge in [-0.15, -0.1) is 33.0 Å². The first-order valence-electron chi connectivity index (χ1n) is 14.6. The van der Waals surface area contributed by atoms with Crippen LogP contribution in [0.5, 0.6) is 5.75 Å². The molecule has 0 aliphatic carbocycles. The number of carbonyl (C=O) groups excluding carboxylic acids is 1. The van der Waals surface area contributed by atoms with Crippen LogP contribution in [0.25, 0.3) is 11.3 Å². The highest BCUT2D eigenvalue weighted by atomic mass is 79.9. The highest BCUT2D eigenvalue weighted by Gasteiger charge is 2.44. The van der Waals surface area contributed by atoms with Crippen LogP contribution in [-0.4, -0.2) is 39.4 Å². The Morgan fingerprint density at radius 3 is 2.41 bits per heavy atom. The number of aromatic nitrogens is 4. The number of aryl methyl sites for hydroxylation is 2. The number of benzene rings is 3. The minimum Gasteiger partial charge on any atom is -1.00 e. The zero-order valence-corrected chi connectivity index (χ0v) is 31.0. The zero-order valence-electron chi connectivity index (χ0n) is 26.9. The number of aliphatic hydroxyl groups is 1. The van der Waals surface area contributed by atoms with E-state index >= 15 is 4.39 Å². The van der Waals surface area contributed by atoms with Gasteiger partial charge in [-0.05, 0) is 67.9 Å². The summed E-state index contributed by atoms with van der Waals surface area (Å²) in [4.78, 5) is 16.7. The number of nitrogens with zero attached hydrogens (tertiary/aromatic N) is 5. The van der Waals surface area contributed by atoms with E-state index in [-0.39, 0.29) is 47.1 Å². The molecule has 0 amide bonds. The summed E-state index contributed by atoms with van der Waals surface area (Å²) in [6, 6.07) is 13.8. The summed E-state index contributed by atoms with van der Waals surface area (Å²) in [7, 11) is 1.66. The van der Waals surface area contributed by atoms with E-state index in [1.807, 2.05) is 26.0 Å². The van der Waals surface area contributed by atoms with Gasteiger partial charge < -0.3 is 32.1 Å². The molecule has 0 fully saturated rings. The number of carbonyl (C=O) groups is 1. The number of hydrogen-bond acceptors (Lipinski definition) is 8. The summed E-state index contributed by atoms with van der Waals surface area (Å²) >= 11 is 1.23. The van der Waals surface area contributed by atoms with Crippen LogP contribution in [0.3, 0.4) is 0 Å². The van der Waals surface area contributed by atoms with Crippen LogP contribution in [0, 0.1) is 42.6 Å². The molecule has 0 aliphatic rings. The Balaban J connectivity index is 0.00000325. The van der Waals surface area contributed by atoms with Crippen molar-refractivity contribution in [3.8, 4) is 23.1 Å². The fraction of sp³-hybridized carbons (Fsp3) is 0.265. The number of esters is 1. The molecule has 2 atom stereocenters. The van der Waals surface area contributed by atoms with Crippen molar-refractivity contribution in [3.05, 3.63) is 117 Å². The Bertz CT molecular complexity index is 1960. The average Bonchev–Trinajstić information content (AvgIpc) is 3.70. The molecule has 5 aromatic rings. The normalized spacial score (nSPS) is 12.6. The molecule has 5 rings (SSSR count). The van der Waals surface area contributed by atoms with Crippen molar-refractivity contribution in [2.75, 3.05) is 13.6 Å². The second kappa shape index (κ2) is 16.6. The largest absolute Gasteiger partial charge is 1.00 e. The van der Waals surface area contributed by atoms with E-state index in [9.17, 15) is 18.7 Å². The van der Waals surface area contributed by atoms with Crippen molar-refractivity contribution in [1.82, 2.24) is 20.1 Å². The summed E-state index contributed by atoms with van der Waals surface area (Å²) in [5.41, 5.74) is 1.72. The van der Waals surface area contributed by atoms with Gasteiger partial charge in [0.2, 0.25) is 6.33 Å². The van der Waals surface area contributed by atoms with E-state index < -0.39 is 40.5 Å². The van der Waals surface area contributed by atoms with Gasteiger partial charge in [-0.25, -0.2) is 22.7 Å². The lowest BCUT2D eigenvalue weighted by Crippen LogP contribution is -3.00. The Hall–Kier alpha value is -3.94. The van der Waals surface area contributed by atoms with Gasteiger partial charge in [0.1, 0.15) is 23.7 Å². The summed E-state index contributed by atoms with van der Waals surface area (Å²) in [5.74, 6) is -4.57. The Morgan fingerprint density at radius 1 is 1.12 bits per heavy atom. The van der Waals surface area contributed by atoms with Crippen molar-refractivity contribution >= 4 is 34.3 Å². The standard InChI is InChI=1S/C34H32F3N6O3S.2BrH/c1-20-9-24(10-21(2)32(20)46-31(44)14-39-4)15-42-18-40-43(19-42)17-34(45,26-11-28(36)29(37)12-27(26)35)22(3)33-41-30(16-47-33)25-7-5-23(13-38)6-8-25;;/h5-12,16,18-19,22,39,45H,14-15,17H2,1-4H3;2*1H/q+1;;/p-1/t22-,34+;;/m0../s1. The molecule has 0 radical (unpaired) electrons. The second-order valence-corrected chi connectivity index (χ2v) is 12.2. The Morgan fingerprint density at radius 2 is 1.78 bits per heavy atom. The van der Waals surface area contributed by atoms with Crippen LogP contribution in [0.15, 0.2) is 66.6 Å². The molecule has 9 nitrogen and oxygen atoms in total. The molecule has 0 spiro atoms. The number of halogens is 5. The molecule has 2 N–H and O–H groups in total. The Kier molecular flexibility index (Phi) is 13.4. The first-order chi connectivity index (χ1) is 22.4. The Labute approximate surface area is 306 Å². The van der Waals surface area contributed by atoms with Gasteiger partial charge in [-0.3, -0.25) is 4.79 Å². The number of rotatable bonds is 11. The minimum absolute atomic E-state index is 0. The third kappa shape index (κ3) is 8.81. The molecule has 3 aromatic carbocycles. The molecule has 0 unspecified atom stereocenters. The van der Waals surface area contributed by atoms with E-state index in [1.165, 1.54) is 22.3 Å². The van der Waals surface area contributed by atoms with Gasteiger partial charge in [0, 0.05) is 33.6 Å². The van der Waals surface area contributed by atoms with E-state index in [0.717, 1.165) is 22.3 Å².